The van der Waals surface area contributed by atoms with E-state index in [-0.39, 0.29) is 11.6 Å². The van der Waals surface area contributed by atoms with Gasteiger partial charge in [0.1, 0.15) is 5.82 Å². The van der Waals surface area contributed by atoms with Crippen LogP contribution < -0.4 is 10.9 Å². The zero-order chi connectivity index (χ0) is 15.6. The first-order chi connectivity index (χ1) is 9.92. The van der Waals surface area contributed by atoms with Crippen LogP contribution in [0.5, 0.6) is 0 Å². The first-order valence-electron chi connectivity index (χ1n) is 6.46. The smallest absolute Gasteiger partial charge is 0.256 e. The molecule has 1 aromatic carbocycles. The molecule has 0 bridgehead atoms. The summed E-state index contributed by atoms with van der Waals surface area (Å²) in [6, 6.07) is 7.15. The van der Waals surface area contributed by atoms with Gasteiger partial charge in [0.2, 0.25) is 0 Å². The molecule has 0 saturated carbocycles. The number of hydrogen-bond donors (Lipinski definition) is 2. The number of H-pyrrole nitrogens is 1. The molecule has 0 fully saturated rings. The number of nitrogens with zero attached hydrogens (tertiary/aromatic N) is 2. The normalized spacial score (nSPS) is 11.8. The number of hydrogen-bond acceptors (Lipinski definition) is 4. The molecule has 2 aromatic rings. The summed E-state index contributed by atoms with van der Waals surface area (Å²) in [6.07, 6.45) is 0. The molecular formula is C15H15BrN4O. The topological polar surface area (TPSA) is 81.6 Å². The lowest BCUT2D eigenvalue weighted by Crippen LogP contribution is -2.23. The zero-order valence-corrected chi connectivity index (χ0v) is 13.6. The van der Waals surface area contributed by atoms with Crippen molar-refractivity contribution in [3.8, 4) is 6.07 Å². The number of aromatic nitrogens is 2. The number of nitriles is 1. The average Bonchev–Trinajstić information content (AvgIpc) is 2.39. The molecule has 1 atom stereocenters. The van der Waals surface area contributed by atoms with E-state index in [0.717, 1.165) is 10.2 Å². The highest BCUT2D eigenvalue weighted by Crippen LogP contribution is 2.27. The molecule has 108 valence electrons. The molecule has 2 N–H and O–H groups in total. The van der Waals surface area contributed by atoms with Crippen molar-refractivity contribution in [3.63, 3.8) is 0 Å². The lowest BCUT2D eigenvalue weighted by atomic mass is 10.1. The highest BCUT2D eigenvalue weighted by molar-refractivity contribution is 9.10. The lowest BCUT2D eigenvalue weighted by molar-refractivity contribution is 0.813. The second-order valence-corrected chi connectivity index (χ2v) is 5.68. The summed E-state index contributed by atoms with van der Waals surface area (Å²) in [5.41, 5.74) is 2.58. The number of rotatable bonds is 3. The molecule has 21 heavy (non-hydrogen) atoms. The SMILES string of the molecule is Cc1nc(C)c(C(C)Nc2ccc(C#N)cc2Br)c(=O)[nH]1. The second-order valence-electron chi connectivity index (χ2n) is 4.82. The Morgan fingerprint density at radius 1 is 1.43 bits per heavy atom. The first kappa shape index (κ1) is 15.3. The fourth-order valence-electron chi connectivity index (χ4n) is 2.25. The molecule has 0 saturated heterocycles. The predicted molar refractivity (Wildman–Crippen MR) is 85.2 cm³/mol. The van der Waals surface area contributed by atoms with Crippen LogP contribution in [0.15, 0.2) is 27.5 Å². The summed E-state index contributed by atoms with van der Waals surface area (Å²) in [4.78, 5) is 19.1. The largest absolute Gasteiger partial charge is 0.377 e. The monoisotopic (exact) mass is 346 g/mol. The van der Waals surface area contributed by atoms with Crippen LogP contribution in [0, 0.1) is 25.2 Å². The Hall–Kier alpha value is -2.13. The number of aromatic amines is 1. The van der Waals surface area contributed by atoms with Gasteiger partial charge in [-0.05, 0) is 54.9 Å². The van der Waals surface area contributed by atoms with Gasteiger partial charge in [-0.1, -0.05) is 0 Å². The highest BCUT2D eigenvalue weighted by atomic mass is 79.9. The molecule has 1 heterocycles. The standard InChI is InChI=1S/C15H15BrN4O/c1-8-14(15(21)20-10(3)18-8)9(2)19-13-5-4-11(7-17)6-12(13)16/h4-6,9,19H,1-3H3,(H,18,20,21). The van der Waals surface area contributed by atoms with Crippen LogP contribution in [0.25, 0.3) is 0 Å². The minimum atomic E-state index is -0.203. The molecule has 0 spiro atoms. The van der Waals surface area contributed by atoms with Gasteiger partial charge in [-0.3, -0.25) is 4.79 Å². The predicted octanol–water partition coefficient (Wildman–Crippen LogP) is 3.19. The molecule has 1 unspecified atom stereocenters. The maximum absolute atomic E-state index is 12.1. The third-order valence-electron chi connectivity index (χ3n) is 3.17. The minimum absolute atomic E-state index is 0.134. The molecule has 0 radical (unpaired) electrons. The van der Waals surface area contributed by atoms with E-state index in [1.54, 1.807) is 19.1 Å². The quantitative estimate of drug-likeness (QED) is 0.893. The molecule has 6 heteroatoms. The fourth-order valence-corrected chi connectivity index (χ4v) is 2.75. The third-order valence-corrected chi connectivity index (χ3v) is 3.82. The molecule has 5 nitrogen and oxygen atoms in total. The van der Waals surface area contributed by atoms with Gasteiger partial charge in [-0.15, -0.1) is 0 Å². The zero-order valence-electron chi connectivity index (χ0n) is 12.0. The van der Waals surface area contributed by atoms with Crippen molar-refractivity contribution in [1.82, 2.24) is 9.97 Å². The Morgan fingerprint density at radius 3 is 2.71 bits per heavy atom. The summed E-state index contributed by atoms with van der Waals surface area (Å²) >= 11 is 3.42. The number of halogens is 1. The van der Waals surface area contributed by atoms with Gasteiger partial charge in [0, 0.05) is 10.2 Å². The van der Waals surface area contributed by atoms with E-state index in [1.807, 2.05) is 19.9 Å². The van der Waals surface area contributed by atoms with Gasteiger partial charge in [0.15, 0.2) is 0 Å². The van der Waals surface area contributed by atoms with E-state index in [0.29, 0.717) is 22.6 Å². The Bertz CT molecular complexity index is 776. The minimum Gasteiger partial charge on any atom is -0.377 e. The van der Waals surface area contributed by atoms with E-state index < -0.39 is 0 Å². The van der Waals surface area contributed by atoms with E-state index >= 15 is 0 Å². The highest BCUT2D eigenvalue weighted by Gasteiger charge is 2.15. The van der Waals surface area contributed by atoms with Crippen molar-refractivity contribution in [2.45, 2.75) is 26.8 Å². The number of aryl methyl sites for hydroxylation is 2. The van der Waals surface area contributed by atoms with Gasteiger partial charge in [0.05, 0.1) is 28.9 Å². The molecular weight excluding hydrogens is 332 g/mol. The second kappa shape index (κ2) is 6.10. The van der Waals surface area contributed by atoms with E-state index in [1.165, 1.54) is 0 Å². The molecule has 0 aliphatic heterocycles. The first-order valence-corrected chi connectivity index (χ1v) is 7.25. The van der Waals surface area contributed by atoms with Crippen LogP contribution >= 0.6 is 15.9 Å². The Morgan fingerprint density at radius 2 is 2.14 bits per heavy atom. The van der Waals surface area contributed by atoms with Gasteiger partial charge >= 0.3 is 0 Å². The van der Waals surface area contributed by atoms with Crippen molar-refractivity contribution in [1.29, 1.82) is 5.26 Å². The lowest BCUT2D eigenvalue weighted by Gasteiger charge is -2.17. The number of anilines is 1. The number of nitrogens with one attached hydrogen (secondary N) is 2. The molecule has 0 aliphatic rings. The van der Waals surface area contributed by atoms with Crippen molar-refractivity contribution in [2.75, 3.05) is 5.32 Å². The Balaban J connectivity index is 2.33. The van der Waals surface area contributed by atoms with E-state index in [9.17, 15) is 4.79 Å². The summed E-state index contributed by atoms with van der Waals surface area (Å²) in [5, 5.41) is 12.1. The summed E-state index contributed by atoms with van der Waals surface area (Å²) in [6.45, 7) is 5.48. The van der Waals surface area contributed by atoms with E-state index in [4.69, 9.17) is 5.26 Å². The average molecular weight is 347 g/mol. The fraction of sp³-hybridized carbons (Fsp3) is 0.267. The Labute approximate surface area is 131 Å². The summed E-state index contributed by atoms with van der Waals surface area (Å²) < 4.78 is 0.780. The van der Waals surface area contributed by atoms with Crippen LogP contribution in [0.2, 0.25) is 0 Å². The van der Waals surface area contributed by atoms with Crippen molar-refractivity contribution < 1.29 is 0 Å². The maximum Gasteiger partial charge on any atom is 0.256 e. The molecule has 1 aromatic heterocycles. The molecule has 0 aliphatic carbocycles. The van der Waals surface area contributed by atoms with Gasteiger partial charge in [0.25, 0.3) is 5.56 Å². The maximum atomic E-state index is 12.1. The van der Waals surface area contributed by atoms with Crippen LogP contribution in [0.1, 0.15) is 35.6 Å². The van der Waals surface area contributed by atoms with Crippen molar-refractivity contribution in [3.05, 3.63) is 55.7 Å². The summed E-state index contributed by atoms with van der Waals surface area (Å²) in [7, 11) is 0. The van der Waals surface area contributed by atoms with Crippen molar-refractivity contribution in [2.24, 2.45) is 0 Å². The molecule has 2 rings (SSSR count). The van der Waals surface area contributed by atoms with Crippen molar-refractivity contribution >= 4 is 21.6 Å². The van der Waals surface area contributed by atoms with Crippen LogP contribution in [-0.2, 0) is 0 Å². The van der Waals surface area contributed by atoms with E-state index in [2.05, 4.69) is 37.3 Å². The summed E-state index contributed by atoms with van der Waals surface area (Å²) in [5.74, 6) is 0.605. The van der Waals surface area contributed by atoms with Crippen LogP contribution in [0.4, 0.5) is 5.69 Å². The number of benzene rings is 1. The van der Waals surface area contributed by atoms with Gasteiger partial charge in [-0.2, -0.15) is 5.26 Å². The Kier molecular flexibility index (Phi) is 4.43. The van der Waals surface area contributed by atoms with Gasteiger partial charge in [-0.25, -0.2) is 4.98 Å². The third kappa shape index (κ3) is 3.31. The molecule has 0 amide bonds. The van der Waals surface area contributed by atoms with Gasteiger partial charge < -0.3 is 10.3 Å². The van der Waals surface area contributed by atoms with Crippen LogP contribution in [0.3, 0.4) is 0 Å². The van der Waals surface area contributed by atoms with Crippen LogP contribution in [-0.4, -0.2) is 9.97 Å².